The lowest BCUT2D eigenvalue weighted by Gasteiger charge is -2.33. The van der Waals surface area contributed by atoms with Crippen LogP contribution in [0.5, 0.6) is 0 Å². The third kappa shape index (κ3) is 4.33. The lowest BCUT2D eigenvalue weighted by Crippen LogP contribution is -2.50. The summed E-state index contributed by atoms with van der Waals surface area (Å²) in [6.07, 6.45) is 9.44. The number of amides is 1. The Morgan fingerprint density at radius 3 is 2.53 bits per heavy atom. The number of fused-ring (bicyclic) bond motifs is 1. The first-order chi connectivity index (χ1) is 15.5. The minimum atomic E-state index is -3.50. The summed E-state index contributed by atoms with van der Waals surface area (Å²) in [6, 6.07) is 7.77. The molecule has 1 N–H and O–H groups in total. The summed E-state index contributed by atoms with van der Waals surface area (Å²) in [5.74, 6) is 0.666. The van der Waals surface area contributed by atoms with E-state index in [2.05, 4.69) is 10.4 Å². The van der Waals surface area contributed by atoms with Crippen LogP contribution in [0.1, 0.15) is 49.3 Å². The molecule has 9 heteroatoms. The van der Waals surface area contributed by atoms with Gasteiger partial charge in [0.1, 0.15) is 5.82 Å². The van der Waals surface area contributed by atoms with Gasteiger partial charge in [-0.1, -0.05) is 18.9 Å². The number of rotatable bonds is 6. The Bertz CT molecular complexity index is 1080. The van der Waals surface area contributed by atoms with Crippen molar-refractivity contribution in [1.29, 1.82) is 0 Å². The van der Waals surface area contributed by atoms with Gasteiger partial charge in [0.25, 0.3) is 0 Å². The molecule has 0 unspecified atom stereocenters. The van der Waals surface area contributed by atoms with E-state index >= 15 is 0 Å². The Balaban J connectivity index is 1.16. The number of benzene rings is 1. The smallest absolute Gasteiger partial charge is 0.243 e. The Hall–Kier alpha value is -2.23. The second-order valence-electron chi connectivity index (χ2n) is 9.11. The number of nitrogens with zero attached hydrogens (tertiary/aromatic N) is 4. The fourth-order valence-electron chi connectivity index (χ4n) is 5.22. The Morgan fingerprint density at radius 2 is 1.75 bits per heavy atom. The largest absolute Gasteiger partial charge is 0.310 e. The van der Waals surface area contributed by atoms with Crippen molar-refractivity contribution in [2.45, 2.75) is 55.9 Å². The van der Waals surface area contributed by atoms with Crippen molar-refractivity contribution in [3.8, 4) is 0 Å². The average Bonchev–Trinajstić information content (AvgIpc) is 3.55. The highest BCUT2D eigenvalue weighted by Crippen LogP contribution is 2.31. The quantitative estimate of drug-likeness (QED) is 0.720. The lowest BCUT2D eigenvalue weighted by atomic mass is 10.1. The number of sulfonamides is 1. The van der Waals surface area contributed by atoms with Crippen LogP contribution in [-0.2, 0) is 27.7 Å². The molecule has 1 aromatic heterocycles. The maximum Gasteiger partial charge on any atom is 0.243 e. The molecule has 1 amide bonds. The third-order valence-electron chi connectivity index (χ3n) is 7.01. The minimum Gasteiger partial charge on any atom is -0.310 e. The van der Waals surface area contributed by atoms with E-state index in [-0.39, 0.29) is 12.5 Å². The van der Waals surface area contributed by atoms with Crippen LogP contribution in [0.25, 0.3) is 0 Å². The number of carbonyl (C=O) groups is 1. The molecule has 0 bridgehead atoms. The Morgan fingerprint density at radius 1 is 1.00 bits per heavy atom. The van der Waals surface area contributed by atoms with E-state index in [0.29, 0.717) is 37.1 Å². The standard InChI is InChI=1S/C23H31N5O3S/c29-23(25-22-10-11-24-28(22)20-6-1-2-7-20)17-26-12-14-27(15-13-26)32(30,31)21-9-8-18-4-3-5-19(18)16-21/h8-11,16,20H,1-7,12-15,17H2,(H,25,29). The fourth-order valence-corrected chi connectivity index (χ4v) is 6.70. The zero-order valence-corrected chi connectivity index (χ0v) is 19.2. The molecule has 8 nitrogen and oxygen atoms in total. The maximum absolute atomic E-state index is 13.1. The molecular weight excluding hydrogens is 426 g/mol. The molecule has 2 aromatic rings. The normalized spacial score (nSPS) is 20.5. The van der Waals surface area contributed by atoms with E-state index in [0.717, 1.165) is 37.9 Å². The van der Waals surface area contributed by atoms with Gasteiger partial charge in [-0.25, -0.2) is 13.1 Å². The molecule has 2 heterocycles. The molecule has 32 heavy (non-hydrogen) atoms. The van der Waals surface area contributed by atoms with Crippen LogP contribution in [0.3, 0.4) is 0 Å². The zero-order valence-electron chi connectivity index (χ0n) is 18.4. The highest BCUT2D eigenvalue weighted by molar-refractivity contribution is 7.89. The summed E-state index contributed by atoms with van der Waals surface area (Å²) < 4.78 is 29.7. The van der Waals surface area contributed by atoms with E-state index in [1.54, 1.807) is 16.6 Å². The number of aryl methyl sites for hydroxylation is 2. The third-order valence-corrected chi connectivity index (χ3v) is 8.91. The molecule has 0 spiro atoms. The topological polar surface area (TPSA) is 87.5 Å². The van der Waals surface area contributed by atoms with Crippen molar-refractivity contribution >= 4 is 21.7 Å². The van der Waals surface area contributed by atoms with Crippen LogP contribution < -0.4 is 5.32 Å². The van der Waals surface area contributed by atoms with Gasteiger partial charge in [-0.15, -0.1) is 0 Å². The average molecular weight is 458 g/mol. The van der Waals surface area contributed by atoms with Crippen LogP contribution >= 0.6 is 0 Å². The number of carbonyl (C=O) groups excluding carboxylic acids is 1. The molecule has 2 fully saturated rings. The summed E-state index contributed by atoms with van der Waals surface area (Å²) in [4.78, 5) is 15.0. The van der Waals surface area contributed by atoms with Gasteiger partial charge in [-0.2, -0.15) is 9.40 Å². The molecule has 172 valence electrons. The fraction of sp³-hybridized carbons (Fsp3) is 0.565. The van der Waals surface area contributed by atoms with Crippen LogP contribution in [0.4, 0.5) is 5.82 Å². The maximum atomic E-state index is 13.1. The van der Waals surface area contributed by atoms with Gasteiger partial charge in [0.2, 0.25) is 15.9 Å². The summed E-state index contributed by atoms with van der Waals surface area (Å²) in [5, 5.41) is 7.39. The van der Waals surface area contributed by atoms with Crippen molar-refractivity contribution in [1.82, 2.24) is 19.0 Å². The summed E-state index contributed by atoms with van der Waals surface area (Å²) in [7, 11) is -3.50. The highest BCUT2D eigenvalue weighted by atomic mass is 32.2. The number of piperazine rings is 1. The number of hydrogen-bond acceptors (Lipinski definition) is 5. The van der Waals surface area contributed by atoms with E-state index < -0.39 is 10.0 Å². The first kappa shape index (κ1) is 21.6. The van der Waals surface area contributed by atoms with E-state index in [1.165, 1.54) is 24.0 Å². The molecule has 3 aliphatic rings. The minimum absolute atomic E-state index is 0.0836. The number of nitrogens with one attached hydrogen (secondary N) is 1. The predicted octanol–water partition coefficient (Wildman–Crippen LogP) is 2.43. The van der Waals surface area contributed by atoms with E-state index in [1.807, 2.05) is 27.8 Å². The van der Waals surface area contributed by atoms with E-state index in [9.17, 15) is 13.2 Å². The number of hydrogen-bond donors (Lipinski definition) is 1. The number of anilines is 1. The molecule has 0 radical (unpaired) electrons. The van der Waals surface area contributed by atoms with Crippen LogP contribution in [0, 0.1) is 0 Å². The van der Waals surface area contributed by atoms with Gasteiger partial charge in [0, 0.05) is 32.2 Å². The number of aromatic nitrogens is 2. The van der Waals surface area contributed by atoms with Gasteiger partial charge in [0.15, 0.2) is 0 Å². The Kier molecular flexibility index (Phi) is 6.05. The summed E-state index contributed by atoms with van der Waals surface area (Å²) >= 11 is 0. The van der Waals surface area contributed by atoms with Crippen LogP contribution in [-0.4, -0.2) is 66.0 Å². The van der Waals surface area contributed by atoms with Gasteiger partial charge < -0.3 is 5.32 Å². The van der Waals surface area contributed by atoms with Crippen molar-refractivity contribution in [2.75, 3.05) is 38.0 Å². The monoisotopic (exact) mass is 457 g/mol. The van der Waals surface area contributed by atoms with Gasteiger partial charge in [0.05, 0.1) is 23.7 Å². The van der Waals surface area contributed by atoms with Crippen molar-refractivity contribution in [2.24, 2.45) is 0 Å². The van der Waals surface area contributed by atoms with Gasteiger partial charge in [-0.05, 0) is 55.4 Å². The van der Waals surface area contributed by atoms with Crippen LogP contribution in [0.2, 0.25) is 0 Å². The second-order valence-corrected chi connectivity index (χ2v) is 11.0. The van der Waals surface area contributed by atoms with Crippen molar-refractivity contribution in [3.63, 3.8) is 0 Å². The first-order valence-corrected chi connectivity index (χ1v) is 13.1. The van der Waals surface area contributed by atoms with Crippen molar-refractivity contribution in [3.05, 3.63) is 41.6 Å². The molecule has 1 saturated heterocycles. The predicted molar refractivity (Wildman–Crippen MR) is 122 cm³/mol. The zero-order chi connectivity index (χ0) is 22.1. The first-order valence-electron chi connectivity index (χ1n) is 11.7. The molecule has 1 aromatic carbocycles. The molecular formula is C23H31N5O3S. The SMILES string of the molecule is O=C(CN1CCN(S(=O)(=O)c2ccc3c(c2)CCC3)CC1)Nc1ccnn1C1CCCC1. The lowest BCUT2D eigenvalue weighted by molar-refractivity contribution is -0.117. The molecule has 5 rings (SSSR count). The molecule has 2 aliphatic carbocycles. The molecule has 1 aliphatic heterocycles. The van der Waals surface area contributed by atoms with Gasteiger partial charge in [-0.3, -0.25) is 9.69 Å². The Labute approximate surface area is 189 Å². The highest BCUT2D eigenvalue weighted by Gasteiger charge is 2.30. The molecule has 1 saturated carbocycles. The van der Waals surface area contributed by atoms with E-state index in [4.69, 9.17) is 0 Å². The molecule has 0 atom stereocenters. The summed E-state index contributed by atoms with van der Waals surface area (Å²) in [5.41, 5.74) is 2.44. The second kappa shape index (κ2) is 8.96. The summed E-state index contributed by atoms with van der Waals surface area (Å²) in [6.45, 7) is 2.13. The van der Waals surface area contributed by atoms with Crippen LogP contribution in [0.15, 0.2) is 35.4 Å². The van der Waals surface area contributed by atoms with Crippen molar-refractivity contribution < 1.29 is 13.2 Å². The van der Waals surface area contributed by atoms with Gasteiger partial charge >= 0.3 is 0 Å².